The monoisotopic (exact) mass is 822 g/mol. The number of urea groups is 1. The number of amides is 2. The first-order valence-electron chi connectivity index (χ1n) is 23.0. The molecule has 324 valence electrons. The van der Waals surface area contributed by atoms with Gasteiger partial charge < -0.3 is 20.1 Å². The molecule has 0 spiro atoms. The van der Waals surface area contributed by atoms with E-state index in [1.807, 2.05) is 17.0 Å². The zero-order valence-electron chi connectivity index (χ0n) is 36.9. The zero-order valence-corrected chi connectivity index (χ0v) is 37.7. The lowest BCUT2D eigenvalue weighted by Crippen LogP contribution is -2.69. The molecule has 10 heteroatoms. The van der Waals surface area contributed by atoms with Gasteiger partial charge in [-0.2, -0.15) is 0 Å². The highest BCUT2D eigenvalue weighted by atomic mass is 32.2. The number of unbranched alkanes of at least 4 members (excludes halogenated alkanes) is 1. The third-order valence-corrected chi connectivity index (χ3v) is 19.7. The van der Waals surface area contributed by atoms with E-state index in [2.05, 4.69) is 57.8 Å². The van der Waals surface area contributed by atoms with Crippen LogP contribution in [0.3, 0.4) is 0 Å². The van der Waals surface area contributed by atoms with Crippen LogP contribution in [0.4, 0.5) is 4.79 Å². The number of sulfone groups is 1. The molecule has 0 unspecified atom stereocenters. The number of hydrogen-bond donors (Lipinski definition) is 2. The summed E-state index contributed by atoms with van der Waals surface area (Å²) < 4.78 is 29.6. The van der Waals surface area contributed by atoms with E-state index in [0.29, 0.717) is 74.5 Å². The summed E-state index contributed by atoms with van der Waals surface area (Å²) in [5, 5.41) is 13.4. The summed E-state index contributed by atoms with van der Waals surface area (Å²) in [7, 11) is -1.24. The normalized spacial score (nSPS) is 37.7. The maximum absolute atomic E-state index is 14.6. The van der Waals surface area contributed by atoms with Gasteiger partial charge >= 0.3 is 12.0 Å². The third kappa shape index (κ3) is 7.60. The van der Waals surface area contributed by atoms with Crippen LogP contribution in [-0.2, 0) is 14.6 Å². The van der Waals surface area contributed by atoms with E-state index >= 15 is 0 Å². The number of fused-ring (bicyclic) bond motifs is 7. The number of allylic oxidation sites excluding steroid dienone is 2. The number of benzene rings is 1. The molecule has 2 amide bonds. The van der Waals surface area contributed by atoms with Crippen molar-refractivity contribution in [2.24, 2.45) is 51.2 Å². The van der Waals surface area contributed by atoms with Gasteiger partial charge in [0.15, 0.2) is 9.84 Å². The van der Waals surface area contributed by atoms with Crippen LogP contribution in [0.2, 0.25) is 0 Å². The van der Waals surface area contributed by atoms with Crippen LogP contribution in [0.1, 0.15) is 141 Å². The smallest absolute Gasteiger partial charge is 0.335 e. The maximum Gasteiger partial charge on any atom is 0.335 e. The van der Waals surface area contributed by atoms with E-state index in [1.165, 1.54) is 56.9 Å². The summed E-state index contributed by atoms with van der Waals surface area (Å²) in [5.74, 6) is 2.35. The highest BCUT2D eigenvalue weighted by molar-refractivity contribution is 7.91. The number of carbonyl (C=O) groups excluding carboxylic acids is 1. The molecule has 0 bridgehead atoms. The number of rotatable bonds is 13. The second kappa shape index (κ2) is 16.4. The fourth-order valence-corrected chi connectivity index (χ4v) is 16.2. The van der Waals surface area contributed by atoms with Crippen molar-refractivity contribution in [1.82, 2.24) is 15.1 Å². The van der Waals surface area contributed by atoms with Crippen LogP contribution in [0, 0.1) is 51.2 Å². The van der Waals surface area contributed by atoms with Gasteiger partial charge in [0.05, 0.1) is 17.1 Å². The van der Waals surface area contributed by atoms with Crippen LogP contribution < -0.4 is 5.32 Å². The molecule has 0 radical (unpaired) electrons. The van der Waals surface area contributed by atoms with Crippen molar-refractivity contribution in [3.63, 3.8) is 0 Å². The van der Waals surface area contributed by atoms with E-state index < -0.39 is 15.8 Å². The number of ether oxygens (including phenoxy) is 1. The predicted molar refractivity (Wildman–Crippen MR) is 232 cm³/mol. The average molecular weight is 822 g/mol. The molecular weight excluding hydrogens is 747 g/mol. The fraction of sp³-hybridized carbons (Fsp3) is 0.792. The Bertz CT molecular complexity index is 1800. The topological polar surface area (TPSA) is 116 Å². The van der Waals surface area contributed by atoms with Crippen molar-refractivity contribution in [2.45, 2.75) is 131 Å². The summed E-state index contributed by atoms with van der Waals surface area (Å²) in [6.07, 6.45) is 17.4. The van der Waals surface area contributed by atoms with Gasteiger partial charge in [0.1, 0.15) is 0 Å². The Morgan fingerprint density at radius 2 is 1.62 bits per heavy atom. The highest BCUT2D eigenvalue weighted by Crippen LogP contribution is 2.76. The van der Waals surface area contributed by atoms with Crippen LogP contribution in [0.5, 0.6) is 0 Å². The molecule has 1 aromatic rings. The predicted octanol–water partition coefficient (Wildman–Crippen LogP) is 9.18. The van der Waals surface area contributed by atoms with Gasteiger partial charge in [-0.3, -0.25) is 4.90 Å². The number of carboxylic acid groups (broad SMARTS) is 1. The van der Waals surface area contributed by atoms with E-state index in [4.69, 9.17) is 4.74 Å². The largest absolute Gasteiger partial charge is 0.478 e. The average Bonchev–Trinajstić information content (AvgIpc) is 3.53. The van der Waals surface area contributed by atoms with Gasteiger partial charge in [-0.1, -0.05) is 79.0 Å². The molecule has 0 aromatic heterocycles. The fourth-order valence-electron chi connectivity index (χ4n) is 14.9. The molecule has 7 rings (SSSR count). The minimum Gasteiger partial charge on any atom is -0.478 e. The van der Waals surface area contributed by atoms with E-state index in [1.54, 1.807) is 19.2 Å². The molecule has 5 aliphatic carbocycles. The maximum atomic E-state index is 14.6. The Morgan fingerprint density at radius 3 is 2.29 bits per heavy atom. The van der Waals surface area contributed by atoms with Gasteiger partial charge in [0, 0.05) is 52.0 Å². The van der Waals surface area contributed by atoms with Crippen molar-refractivity contribution >= 4 is 27.4 Å². The number of carbonyl (C=O) groups is 2. The number of hydrogen-bond acceptors (Lipinski definition) is 6. The van der Waals surface area contributed by atoms with Crippen molar-refractivity contribution in [1.29, 1.82) is 0 Å². The van der Waals surface area contributed by atoms with Crippen LogP contribution in [0.15, 0.2) is 30.3 Å². The Hall–Kier alpha value is -2.43. The summed E-state index contributed by atoms with van der Waals surface area (Å²) in [5.41, 5.74) is 3.22. The summed E-state index contributed by atoms with van der Waals surface area (Å²) >= 11 is 0. The van der Waals surface area contributed by atoms with Gasteiger partial charge in [-0.05, 0) is 139 Å². The molecule has 9 nitrogen and oxygen atoms in total. The Labute approximate surface area is 350 Å². The standard InChI is InChI=1S/C48H75N3O6S/c1-8-9-11-35-18-23-48(49-43(54)51(26-10-31-57-7)28-27-50-29-32-58(55,56)33-30-50)25-24-46(5)38(41(35)48)16-17-40-45(4)21-19-37(34-12-14-36(15-13-34)42(52)53)44(2,3)39(45)20-22-47(40,46)6/h12-15,19,35,38-41H,8-11,16-18,20-33H2,1-7H3,(H,49,54)(H,52,53)/t35-,38-,39+,40-,41-,45+,46-,47-,48+/m1/s1. The highest BCUT2D eigenvalue weighted by Gasteiger charge is 2.70. The number of methoxy groups -OCH3 is 1. The quantitative estimate of drug-likeness (QED) is 0.191. The Kier molecular flexibility index (Phi) is 12.4. The van der Waals surface area contributed by atoms with E-state index in [-0.39, 0.29) is 44.7 Å². The van der Waals surface area contributed by atoms with Crippen molar-refractivity contribution in [2.75, 3.05) is 57.9 Å². The van der Waals surface area contributed by atoms with Crippen LogP contribution >= 0.6 is 0 Å². The minimum absolute atomic E-state index is 0.0274. The number of nitrogens with zero attached hydrogens (tertiary/aromatic N) is 2. The lowest BCUT2D eigenvalue weighted by atomic mass is 9.33. The van der Waals surface area contributed by atoms with Crippen LogP contribution in [0.25, 0.3) is 5.57 Å². The number of aromatic carboxylic acids is 1. The first-order valence-corrected chi connectivity index (χ1v) is 24.8. The first-order chi connectivity index (χ1) is 27.4. The molecular formula is C48H75N3O6S. The molecule has 9 atom stereocenters. The molecule has 1 saturated heterocycles. The number of nitrogens with one attached hydrogen (secondary N) is 1. The number of carboxylic acids is 1. The van der Waals surface area contributed by atoms with E-state index in [0.717, 1.165) is 37.7 Å². The first kappa shape index (κ1) is 43.7. The molecule has 5 fully saturated rings. The lowest BCUT2D eigenvalue weighted by molar-refractivity contribution is -0.219. The molecule has 4 saturated carbocycles. The SMILES string of the molecule is CCCC[C@@H]1CC[C@]2(NC(=O)N(CCCOC)CCN3CCS(=O)(=O)CC3)CC[C@]3(C)[C@H](CC[C@@H]4[C@@]5(C)CC=C(c6ccc(C(=O)O)cc6)C(C)(C)[C@@H]5CC[C@]43C)[C@@H]12. The van der Waals surface area contributed by atoms with Gasteiger partial charge in [0.25, 0.3) is 0 Å². The summed E-state index contributed by atoms with van der Waals surface area (Å²) in [6, 6.07) is 7.61. The van der Waals surface area contributed by atoms with Crippen LogP contribution in [-0.4, -0.2) is 98.8 Å². The minimum atomic E-state index is -2.96. The van der Waals surface area contributed by atoms with Gasteiger partial charge in [-0.25, -0.2) is 18.0 Å². The van der Waals surface area contributed by atoms with Gasteiger partial charge in [-0.15, -0.1) is 0 Å². The molecule has 1 heterocycles. The summed E-state index contributed by atoms with van der Waals surface area (Å²) in [6.45, 7) is 18.8. The second-order valence-corrected chi connectivity index (χ2v) is 23.3. The third-order valence-electron chi connectivity index (χ3n) is 18.1. The second-order valence-electron chi connectivity index (χ2n) is 21.0. The molecule has 1 aliphatic heterocycles. The molecule has 1 aromatic carbocycles. The summed E-state index contributed by atoms with van der Waals surface area (Å²) in [4.78, 5) is 30.5. The molecule has 2 N–H and O–H groups in total. The van der Waals surface area contributed by atoms with Crippen molar-refractivity contribution in [3.8, 4) is 0 Å². The van der Waals surface area contributed by atoms with E-state index in [9.17, 15) is 23.1 Å². The van der Waals surface area contributed by atoms with Gasteiger partial charge in [0.2, 0.25) is 0 Å². The Balaban J connectivity index is 1.14. The van der Waals surface area contributed by atoms with Crippen molar-refractivity contribution in [3.05, 3.63) is 41.5 Å². The zero-order chi connectivity index (χ0) is 41.7. The van der Waals surface area contributed by atoms with Crippen molar-refractivity contribution < 1.29 is 27.9 Å². The Morgan fingerprint density at radius 1 is 0.897 bits per heavy atom. The lowest BCUT2D eigenvalue weighted by Gasteiger charge is -2.72. The molecule has 58 heavy (non-hydrogen) atoms. The molecule has 6 aliphatic rings.